The quantitative estimate of drug-likeness (QED) is 0.294. The van der Waals surface area contributed by atoms with Gasteiger partial charge in [-0.05, 0) is 54.7 Å². The Morgan fingerprint density at radius 1 is 1.12 bits per heavy atom. The minimum atomic E-state index is -0.629. The molecule has 1 fully saturated rings. The Morgan fingerprint density at radius 2 is 1.88 bits per heavy atom. The van der Waals surface area contributed by atoms with Gasteiger partial charge in [-0.25, -0.2) is 4.79 Å². The number of unbranched alkanes of at least 4 members (excludes halogenated alkanes) is 2. The van der Waals surface area contributed by atoms with E-state index in [1.165, 1.54) is 29.4 Å². The average molecular weight is 463 g/mol. The Balaban J connectivity index is 1.35. The molecule has 1 saturated heterocycles. The van der Waals surface area contributed by atoms with E-state index in [-0.39, 0.29) is 24.2 Å². The summed E-state index contributed by atoms with van der Waals surface area (Å²) < 4.78 is 1.50. The molecule has 0 saturated carbocycles. The van der Waals surface area contributed by atoms with Gasteiger partial charge in [0, 0.05) is 35.6 Å². The molecule has 1 aliphatic rings. The number of aromatic nitrogens is 1. The van der Waals surface area contributed by atoms with Crippen LogP contribution >= 0.6 is 0 Å². The molecule has 3 aromatic rings. The lowest BCUT2D eigenvalue weighted by Crippen LogP contribution is -2.41. The van der Waals surface area contributed by atoms with Crippen LogP contribution in [0.15, 0.2) is 48.7 Å². The highest BCUT2D eigenvalue weighted by Gasteiger charge is 2.30. The summed E-state index contributed by atoms with van der Waals surface area (Å²) in [7, 11) is 0. The van der Waals surface area contributed by atoms with E-state index < -0.39 is 11.9 Å². The predicted molar refractivity (Wildman–Crippen MR) is 131 cm³/mol. The van der Waals surface area contributed by atoms with E-state index in [0.29, 0.717) is 18.4 Å². The maximum atomic E-state index is 12.3. The molecule has 0 radical (unpaired) electrons. The Morgan fingerprint density at radius 3 is 2.62 bits per heavy atom. The summed E-state index contributed by atoms with van der Waals surface area (Å²) >= 11 is 0. The van der Waals surface area contributed by atoms with Gasteiger partial charge in [-0.3, -0.25) is 14.9 Å². The van der Waals surface area contributed by atoms with Gasteiger partial charge >= 0.3 is 6.03 Å². The number of aryl methyl sites for hydroxylation is 1. The number of anilines is 1. The minimum Gasteiger partial charge on any atom is -0.494 e. The summed E-state index contributed by atoms with van der Waals surface area (Å²) in [5.74, 6) is -0.730. The van der Waals surface area contributed by atoms with Crippen molar-refractivity contribution in [1.29, 1.82) is 0 Å². The molecular weight excluding hydrogens is 432 g/mol. The molecule has 8 nitrogen and oxygen atoms in total. The zero-order valence-corrected chi connectivity index (χ0v) is 19.3. The van der Waals surface area contributed by atoms with Crippen molar-refractivity contribution in [1.82, 2.24) is 15.2 Å². The standard InChI is InChI=1S/C26H30N4O4/c1-2-3-4-5-17-6-9-20(10-7-17)28-26(34)27-15-18-8-11-21-19(14-18)16-30(25(21)33)22-12-13-23(31)29-24(22)32/h6-11,14,16,22,33H,2-5,12-13,15H2,1H3,(H2,27,28,34)(H,29,31,32). The summed E-state index contributed by atoms with van der Waals surface area (Å²) in [6, 6.07) is 12.4. The SMILES string of the molecule is CCCCCc1ccc(NC(=O)NCc2ccc3c(O)n(C4CCC(=O)NC4=O)cc3c2)cc1. The van der Waals surface area contributed by atoms with Gasteiger partial charge in [0.1, 0.15) is 6.04 Å². The van der Waals surface area contributed by atoms with E-state index in [0.717, 1.165) is 23.1 Å². The molecule has 0 spiro atoms. The molecule has 8 heteroatoms. The molecule has 178 valence electrons. The number of piperidine rings is 1. The van der Waals surface area contributed by atoms with E-state index in [1.807, 2.05) is 36.4 Å². The lowest BCUT2D eigenvalue weighted by atomic mass is 10.1. The van der Waals surface area contributed by atoms with Crippen molar-refractivity contribution in [3.05, 3.63) is 59.8 Å². The van der Waals surface area contributed by atoms with E-state index in [2.05, 4.69) is 22.9 Å². The first-order valence-corrected chi connectivity index (χ1v) is 11.7. The normalized spacial score (nSPS) is 15.9. The van der Waals surface area contributed by atoms with Crippen LogP contribution < -0.4 is 16.0 Å². The van der Waals surface area contributed by atoms with Gasteiger partial charge in [-0.15, -0.1) is 0 Å². The van der Waals surface area contributed by atoms with E-state index in [4.69, 9.17) is 0 Å². The molecule has 1 aromatic heterocycles. The molecule has 1 unspecified atom stereocenters. The third kappa shape index (κ3) is 5.39. The highest BCUT2D eigenvalue weighted by atomic mass is 16.3. The summed E-state index contributed by atoms with van der Waals surface area (Å²) in [4.78, 5) is 35.9. The maximum Gasteiger partial charge on any atom is 0.319 e. The molecule has 1 atom stereocenters. The third-order valence-corrected chi connectivity index (χ3v) is 6.16. The zero-order valence-electron chi connectivity index (χ0n) is 19.3. The Bertz CT molecular complexity index is 1200. The number of urea groups is 1. The molecule has 0 bridgehead atoms. The second kappa shape index (κ2) is 10.4. The van der Waals surface area contributed by atoms with Crippen molar-refractivity contribution < 1.29 is 19.5 Å². The smallest absolute Gasteiger partial charge is 0.319 e. The topological polar surface area (TPSA) is 112 Å². The van der Waals surface area contributed by atoms with Gasteiger partial charge in [0.25, 0.3) is 0 Å². The summed E-state index contributed by atoms with van der Waals surface area (Å²) in [6.07, 6.45) is 6.90. The van der Waals surface area contributed by atoms with Crippen molar-refractivity contribution in [3.8, 4) is 5.88 Å². The molecule has 4 rings (SSSR count). The number of nitrogens with zero attached hydrogens (tertiary/aromatic N) is 1. The van der Waals surface area contributed by atoms with Crippen LogP contribution in [0.4, 0.5) is 10.5 Å². The van der Waals surface area contributed by atoms with Gasteiger partial charge < -0.3 is 20.3 Å². The lowest BCUT2D eigenvalue weighted by molar-refractivity contribution is -0.135. The van der Waals surface area contributed by atoms with Gasteiger partial charge in [-0.1, -0.05) is 38.0 Å². The highest BCUT2D eigenvalue weighted by molar-refractivity contribution is 6.00. The van der Waals surface area contributed by atoms with Crippen LogP contribution in [0.3, 0.4) is 0 Å². The number of hydrogen-bond acceptors (Lipinski definition) is 4. The first-order chi connectivity index (χ1) is 16.4. The second-order valence-corrected chi connectivity index (χ2v) is 8.71. The third-order valence-electron chi connectivity index (χ3n) is 6.16. The van der Waals surface area contributed by atoms with Crippen LogP contribution in [0.25, 0.3) is 10.8 Å². The Hall–Kier alpha value is -3.81. The fourth-order valence-corrected chi connectivity index (χ4v) is 4.26. The molecule has 4 amide bonds. The van der Waals surface area contributed by atoms with Crippen molar-refractivity contribution in [2.45, 2.75) is 58.0 Å². The number of carbonyl (C=O) groups is 3. The van der Waals surface area contributed by atoms with Crippen LogP contribution in [-0.2, 0) is 22.6 Å². The van der Waals surface area contributed by atoms with Gasteiger partial charge in [0.15, 0.2) is 5.88 Å². The number of rotatable bonds is 8. The number of aromatic hydroxyl groups is 1. The molecule has 2 heterocycles. The largest absolute Gasteiger partial charge is 0.494 e. The number of imide groups is 1. The first kappa shape index (κ1) is 23.4. The number of benzene rings is 2. The number of amides is 4. The lowest BCUT2D eigenvalue weighted by Gasteiger charge is -2.22. The fourth-order valence-electron chi connectivity index (χ4n) is 4.26. The second-order valence-electron chi connectivity index (χ2n) is 8.71. The minimum absolute atomic E-state index is 0.0140. The number of hydrogen-bond donors (Lipinski definition) is 4. The van der Waals surface area contributed by atoms with E-state index in [1.54, 1.807) is 12.3 Å². The van der Waals surface area contributed by atoms with Gasteiger partial charge in [0.2, 0.25) is 11.8 Å². The van der Waals surface area contributed by atoms with Crippen LogP contribution in [0.1, 0.15) is 56.2 Å². The number of nitrogens with one attached hydrogen (secondary N) is 3. The molecule has 0 aliphatic carbocycles. The molecule has 4 N–H and O–H groups in total. The first-order valence-electron chi connectivity index (χ1n) is 11.7. The molecule has 2 aromatic carbocycles. The van der Waals surface area contributed by atoms with E-state index >= 15 is 0 Å². The summed E-state index contributed by atoms with van der Waals surface area (Å²) in [6.45, 7) is 2.49. The number of fused-ring (bicyclic) bond motifs is 1. The predicted octanol–water partition coefficient (Wildman–Crippen LogP) is 4.38. The van der Waals surface area contributed by atoms with Gasteiger partial charge in [-0.2, -0.15) is 0 Å². The van der Waals surface area contributed by atoms with Crippen molar-refractivity contribution in [2.24, 2.45) is 0 Å². The fraction of sp³-hybridized carbons (Fsp3) is 0.346. The Labute approximate surface area is 198 Å². The molecular formula is C26H30N4O4. The van der Waals surface area contributed by atoms with Crippen LogP contribution in [-0.4, -0.2) is 27.5 Å². The molecule has 1 aliphatic heterocycles. The number of carbonyl (C=O) groups excluding carboxylic acids is 3. The average Bonchev–Trinajstić information content (AvgIpc) is 3.14. The summed E-state index contributed by atoms with van der Waals surface area (Å²) in [5.41, 5.74) is 2.85. The molecule has 34 heavy (non-hydrogen) atoms. The van der Waals surface area contributed by atoms with Crippen molar-refractivity contribution in [2.75, 3.05) is 5.32 Å². The summed E-state index contributed by atoms with van der Waals surface area (Å²) in [5, 5.41) is 20.0. The van der Waals surface area contributed by atoms with Crippen LogP contribution in [0.5, 0.6) is 5.88 Å². The van der Waals surface area contributed by atoms with Crippen molar-refractivity contribution >= 4 is 34.3 Å². The van der Waals surface area contributed by atoms with Gasteiger partial charge in [0.05, 0.1) is 0 Å². The van der Waals surface area contributed by atoms with Crippen molar-refractivity contribution in [3.63, 3.8) is 0 Å². The monoisotopic (exact) mass is 462 g/mol. The Kier molecular flexibility index (Phi) is 7.15. The highest BCUT2D eigenvalue weighted by Crippen LogP contribution is 2.33. The van der Waals surface area contributed by atoms with Crippen LogP contribution in [0.2, 0.25) is 0 Å². The maximum absolute atomic E-state index is 12.3. The van der Waals surface area contributed by atoms with Crippen LogP contribution in [0, 0.1) is 0 Å². The zero-order chi connectivity index (χ0) is 24.1. The van der Waals surface area contributed by atoms with E-state index in [9.17, 15) is 19.5 Å².